The van der Waals surface area contributed by atoms with Gasteiger partial charge in [-0.1, -0.05) is 30.3 Å². The molecular weight excluding hydrogens is 318 g/mol. The molecule has 0 saturated carbocycles. The highest BCUT2D eigenvalue weighted by Crippen LogP contribution is 2.36. The van der Waals surface area contributed by atoms with Crippen LogP contribution in [0.4, 0.5) is 0 Å². The lowest BCUT2D eigenvalue weighted by atomic mass is 10.1. The van der Waals surface area contributed by atoms with Gasteiger partial charge in [-0.15, -0.1) is 0 Å². The van der Waals surface area contributed by atoms with Gasteiger partial charge in [0, 0.05) is 30.7 Å². The standard InChI is InChI=1S/C20H21NO4/c1-23-17-13-19-18(24-10-5-11-25-19)12-16(17)14-21-20(22)9-8-15-6-3-2-4-7-15/h2-4,6-9,12-13H,5,10-11,14H2,1H3,(H,21,22). The summed E-state index contributed by atoms with van der Waals surface area (Å²) in [7, 11) is 1.60. The molecule has 1 amide bonds. The number of ether oxygens (including phenoxy) is 3. The van der Waals surface area contributed by atoms with Crippen molar-refractivity contribution < 1.29 is 19.0 Å². The molecule has 0 aromatic heterocycles. The SMILES string of the molecule is COc1cc2c(cc1CNC(=O)C=Cc1ccccc1)OCCCO2. The number of nitrogens with one attached hydrogen (secondary N) is 1. The first-order valence-electron chi connectivity index (χ1n) is 8.24. The number of carbonyl (C=O) groups excluding carboxylic acids is 1. The summed E-state index contributed by atoms with van der Waals surface area (Å²) in [6, 6.07) is 13.4. The van der Waals surface area contributed by atoms with Gasteiger partial charge in [-0.3, -0.25) is 4.79 Å². The minimum absolute atomic E-state index is 0.169. The topological polar surface area (TPSA) is 56.8 Å². The first kappa shape index (κ1) is 16.9. The smallest absolute Gasteiger partial charge is 0.244 e. The molecule has 0 unspecified atom stereocenters. The lowest BCUT2D eigenvalue weighted by Gasteiger charge is -2.14. The summed E-state index contributed by atoms with van der Waals surface area (Å²) in [6.45, 7) is 1.58. The lowest BCUT2D eigenvalue weighted by molar-refractivity contribution is -0.116. The molecular formula is C20H21NO4. The van der Waals surface area contributed by atoms with Crippen molar-refractivity contribution in [1.29, 1.82) is 0 Å². The summed E-state index contributed by atoms with van der Waals surface area (Å²) in [5.74, 6) is 1.85. The van der Waals surface area contributed by atoms with Gasteiger partial charge in [-0.25, -0.2) is 0 Å². The van der Waals surface area contributed by atoms with Crippen LogP contribution in [-0.4, -0.2) is 26.2 Å². The molecule has 0 saturated heterocycles. The van der Waals surface area contributed by atoms with Gasteiger partial charge >= 0.3 is 0 Å². The van der Waals surface area contributed by atoms with E-state index in [2.05, 4.69) is 5.32 Å². The number of rotatable bonds is 5. The average molecular weight is 339 g/mol. The highest BCUT2D eigenvalue weighted by Gasteiger charge is 2.15. The van der Waals surface area contributed by atoms with Crippen molar-refractivity contribution in [1.82, 2.24) is 5.32 Å². The molecule has 3 rings (SSSR count). The molecule has 1 aliphatic rings. The third kappa shape index (κ3) is 4.53. The number of methoxy groups -OCH3 is 1. The molecule has 0 fully saturated rings. The van der Waals surface area contributed by atoms with E-state index in [1.807, 2.05) is 42.5 Å². The van der Waals surface area contributed by atoms with Crippen LogP contribution in [0.25, 0.3) is 6.08 Å². The fourth-order valence-electron chi connectivity index (χ4n) is 2.54. The van der Waals surface area contributed by atoms with E-state index in [1.165, 1.54) is 6.08 Å². The average Bonchev–Trinajstić information content (AvgIpc) is 2.89. The van der Waals surface area contributed by atoms with Crippen LogP contribution in [0.5, 0.6) is 17.2 Å². The van der Waals surface area contributed by atoms with Gasteiger partial charge in [0.05, 0.1) is 20.3 Å². The van der Waals surface area contributed by atoms with E-state index >= 15 is 0 Å². The minimum atomic E-state index is -0.169. The van der Waals surface area contributed by atoms with E-state index in [4.69, 9.17) is 14.2 Å². The van der Waals surface area contributed by atoms with Gasteiger partial charge in [-0.2, -0.15) is 0 Å². The molecule has 2 aromatic carbocycles. The van der Waals surface area contributed by atoms with Crippen molar-refractivity contribution in [2.75, 3.05) is 20.3 Å². The van der Waals surface area contributed by atoms with Gasteiger partial charge in [0.15, 0.2) is 11.5 Å². The fraction of sp³-hybridized carbons (Fsp3) is 0.250. The maximum atomic E-state index is 12.0. The number of hydrogen-bond acceptors (Lipinski definition) is 4. The first-order valence-corrected chi connectivity index (χ1v) is 8.24. The molecule has 0 radical (unpaired) electrons. The Balaban J connectivity index is 1.67. The van der Waals surface area contributed by atoms with Crippen LogP contribution in [0.2, 0.25) is 0 Å². The number of benzene rings is 2. The summed E-state index contributed by atoms with van der Waals surface area (Å²) < 4.78 is 16.8. The summed E-state index contributed by atoms with van der Waals surface area (Å²) in [6.07, 6.45) is 4.14. The van der Waals surface area contributed by atoms with Crippen molar-refractivity contribution in [3.8, 4) is 17.2 Å². The third-order valence-corrected chi connectivity index (χ3v) is 3.83. The second kappa shape index (κ2) is 8.24. The molecule has 5 nitrogen and oxygen atoms in total. The van der Waals surface area contributed by atoms with Crippen LogP contribution >= 0.6 is 0 Å². The second-order valence-corrected chi connectivity index (χ2v) is 5.62. The zero-order chi connectivity index (χ0) is 17.5. The van der Waals surface area contributed by atoms with Gasteiger partial charge in [0.25, 0.3) is 0 Å². The van der Waals surface area contributed by atoms with E-state index in [9.17, 15) is 4.79 Å². The van der Waals surface area contributed by atoms with Crippen molar-refractivity contribution in [2.24, 2.45) is 0 Å². The molecule has 1 N–H and O–H groups in total. The minimum Gasteiger partial charge on any atom is -0.496 e. The second-order valence-electron chi connectivity index (χ2n) is 5.62. The maximum Gasteiger partial charge on any atom is 0.244 e. The van der Waals surface area contributed by atoms with Crippen molar-refractivity contribution >= 4 is 12.0 Å². The molecule has 130 valence electrons. The molecule has 1 heterocycles. The zero-order valence-electron chi connectivity index (χ0n) is 14.2. The number of fused-ring (bicyclic) bond motifs is 1. The van der Waals surface area contributed by atoms with Crippen LogP contribution in [-0.2, 0) is 11.3 Å². The highest BCUT2D eigenvalue weighted by molar-refractivity contribution is 5.91. The Morgan fingerprint density at radius 2 is 1.88 bits per heavy atom. The van der Waals surface area contributed by atoms with Crippen molar-refractivity contribution in [3.63, 3.8) is 0 Å². The Bertz CT molecular complexity index is 756. The van der Waals surface area contributed by atoms with Gasteiger partial charge < -0.3 is 19.5 Å². The van der Waals surface area contributed by atoms with Gasteiger partial charge in [0.1, 0.15) is 5.75 Å². The monoisotopic (exact) mass is 339 g/mol. The normalized spacial score (nSPS) is 13.3. The van der Waals surface area contributed by atoms with Crippen LogP contribution in [0, 0.1) is 0 Å². The van der Waals surface area contributed by atoms with Crippen molar-refractivity contribution in [3.05, 3.63) is 59.7 Å². The highest BCUT2D eigenvalue weighted by atomic mass is 16.5. The van der Waals surface area contributed by atoms with E-state index in [0.717, 1.165) is 17.5 Å². The first-order chi connectivity index (χ1) is 12.3. The Hall–Kier alpha value is -2.95. The molecule has 0 aliphatic carbocycles. The van der Waals surface area contributed by atoms with E-state index < -0.39 is 0 Å². The summed E-state index contributed by atoms with van der Waals surface area (Å²) in [5.41, 5.74) is 1.82. The van der Waals surface area contributed by atoms with Crippen molar-refractivity contribution in [2.45, 2.75) is 13.0 Å². The Labute approximate surface area is 147 Å². The molecule has 0 atom stereocenters. The Morgan fingerprint density at radius 1 is 1.16 bits per heavy atom. The van der Waals surface area contributed by atoms with Crippen LogP contribution in [0.3, 0.4) is 0 Å². The molecule has 25 heavy (non-hydrogen) atoms. The molecule has 1 aliphatic heterocycles. The predicted octanol–water partition coefficient (Wildman–Crippen LogP) is 3.19. The third-order valence-electron chi connectivity index (χ3n) is 3.83. The zero-order valence-corrected chi connectivity index (χ0v) is 14.2. The summed E-state index contributed by atoms with van der Waals surface area (Å²) in [4.78, 5) is 12.0. The lowest BCUT2D eigenvalue weighted by Crippen LogP contribution is -2.20. The molecule has 2 aromatic rings. The summed E-state index contributed by atoms with van der Waals surface area (Å²) >= 11 is 0. The summed E-state index contributed by atoms with van der Waals surface area (Å²) in [5, 5.41) is 2.86. The van der Waals surface area contributed by atoms with E-state index in [-0.39, 0.29) is 5.91 Å². The van der Waals surface area contributed by atoms with E-state index in [0.29, 0.717) is 37.0 Å². The van der Waals surface area contributed by atoms with E-state index in [1.54, 1.807) is 13.2 Å². The van der Waals surface area contributed by atoms with Gasteiger partial charge in [-0.05, 0) is 17.7 Å². The number of amides is 1. The Kier molecular flexibility index (Phi) is 5.57. The molecule has 5 heteroatoms. The molecule has 0 bridgehead atoms. The number of carbonyl (C=O) groups is 1. The fourth-order valence-corrected chi connectivity index (χ4v) is 2.54. The largest absolute Gasteiger partial charge is 0.496 e. The maximum absolute atomic E-state index is 12.0. The number of hydrogen-bond donors (Lipinski definition) is 1. The van der Waals surface area contributed by atoms with Gasteiger partial charge in [0.2, 0.25) is 5.91 Å². The quantitative estimate of drug-likeness (QED) is 0.850. The van der Waals surface area contributed by atoms with Crippen LogP contribution < -0.4 is 19.5 Å². The van der Waals surface area contributed by atoms with Crippen LogP contribution in [0.15, 0.2) is 48.5 Å². The predicted molar refractivity (Wildman–Crippen MR) is 95.9 cm³/mol. The Morgan fingerprint density at radius 3 is 2.60 bits per heavy atom. The molecule has 0 spiro atoms. The van der Waals surface area contributed by atoms with Crippen LogP contribution in [0.1, 0.15) is 17.5 Å².